The van der Waals surface area contributed by atoms with E-state index in [-0.39, 0.29) is 24.8 Å². The number of aliphatic carboxylic acids is 1. The van der Waals surface area contributed by atoms with Gasteiger partial charge in [0.05, 0.1) is 12.6 Å². The van der Waals surface area contributed by atoms with E-state index in [0.29, 0.717) is 6.42 Å². The quantitative estimate of drug-likeness (QED) is 0.446. The minimum atomic E-state index is -1.29. The smallest absolute Gasteiger partial charge is 0.329 e. The fourth-order valence-corrected chi connectivity index (χ4v) is 2.58. The van der Waals surface area contributed by atoms with Gasteiger partial charge in [-0.25, -0.2) is 4.79 Å². The van der Waals surface area contributed by atoms with Crippen LogP contribution in [0.25, 0.3) is 0 Å². The Hall–Kier alpha value is -1.14. The van der Waals surface area contributed by atoms with E-state index >= 15 is 0 Å². The number of carboxylic acid groups (broad SMARTS) is 1. The highest BCUT2D eigenvalue weighted by molar-refractivity contribution is 5.89. The van der Waals surface area contributed by atoms with Crippen LogP contribution in [0.15, 0.2) is 0 Å². The summed E-state index contributed by atoms with van der Waals surface area (Å²) in [5, 5.41) is 21.2. The Labute approximate surface area is 86.4 Å². The third-order valence-corrected chi connectivity index (χ3v) is 3.43. The molecule has 0 radical (unpaired) electrons. The minimum absolute atomic E-state index is 0.0270. The Morgan fingerprint density at radius 3 is 2.53 bits per heavy atom. The molecule has 2 rings (SSSR count). The summed E-state index contributed by atoms with van der Waals surface area (Å²) in [5.74, 6) is -1.68. The second-order valence-electron chi connectivity index (χ2n) is 4.31. The number of carbonyl (C=O) groups excluding carboxylic acids is 1. The van der Waals surface area contributed by atoms with Crippen LogP contribution in [0.2, 0.25) is 0 Å². The molecule has 1 amide bonds. The van der Waals surface area contributed by atoms with Gasteiger partial charge in [0, 0.05) is 6.42 Å². The number of nitrogens with one attached hydrogen (secondary N) is 1. The third-order valence-electron chi connectivity index (χ3n) is 3.43. The molecule has 2 aliphatic rings. The molecular weight excluding hydrogens is 200 g/mol. The standard InChI is InChI=1S/C9H14N2O4/c10-3-7(13)11-9(8(14)15)2-6(12)4-1-5(4)9/h4-6,12H,1-3,10H2,(H,11,13)(H,14,15)/t4-,5+,6-,9-/m0/s1. The van der Waals surface area contributed by atoms with Crippen molar-refractivity contribution in [1.29, 1.82) is 0 Å². The zero-order chi connectivity index (χ0) is 11.2. The molecule has 15 heavy (non-hydrogen) atoms. The number of aliphatic hydroxyl groups is 1. The van der Waals surface area contributed by atoms with E-state index in [0.717, 1.165) is 0 Å². The Kier molecular flexibility index (Phi) is 2.20. The lowest BCUT2D eigenvalue weighted by Gasteiger charge is -2.27. The van der Waals surface area contributed by atoms with E-state index in [9.17, 15) is 14.7 Å². The third kappa shape index (κ3) is 1.40. The zero-order valence-corrected chi connectivity index (χ0v) is 8.14. The number of fused-ring (bicyclic) bond motifs is 1. The molecule has 0 aromatic rings. The first-order valence-corrected chi connectivity index (χ1v) is 4.94. The summed E-state index contributed by atoms with van der Waals surface area (Å²) >= 11 is 0. The molecule has 6 heteroatoms. The summed E-state index contributed by atoms with van der Waals surface area (Å²) in [5.41, 5.74) is 3.84. The number of carboxylic acids is 1. The first kappa shape index (κ1) is 10.4. The van der Waals surface area contributed by atoms with Crippen LogP contribution in [-0.2, 0) is 9.59 Å². The predicted molar refractivity (Wildman–Crippen MR) is 49.8 cm³/mol. The molecule has 0 saturated heterocycles. The fraction of sp³-hybridized carbons (Fsp3) is 0.778. The molecule has 0 unspecified atom stereocenters. The van der Waals surface area contributed by atoms with Crippen molar-refractivity contribution < 1.29 is 19.8 Å². The molecule has 0 bridgehead atoms. The molecule has 6 nitrogen and oxygen atoms in total. The lowest BCUT2D eigenvalue weighted by atomic mass is 9.92. The second-order valence-corrected chi connectivity index (χ2v) is 4.31. The average molecular weight is 214 g/mol. The molecule has 2 saturated carbocycles. The maximum atomic E-state index is 11.2. The monoisotopic (exact) mass is 214 g/mol. The van der Waals surface area contributed by atoms with Gasteiger partial charge in [0.1, 0.15) is 5.54 Å². The Morgan fingerprint density at radius 1 is 1.53 bits per heavy atom. The fourth-order valence-electron chi connectivity index (χ4n) is 2.58. The lowest BCUT2D eigenvalue weighted by molar-refractivity contribution is -0.148. The maximum absolute atomic E-state index is 11.2. The summed E-state index contributed by atoms with van der Waals surface area (Å²) in [4.78, 5) is 22.4. The van der Waals surface area contributed by atoms with Gasteiger partial charge in [-0.3, -0.25) is 4.79 Å². The van der Waals surface area contributed by atoms with Gasteiger partial charge in [0.2, 0.25) is 5.91 Å². The summed E-state index contributed by atoms with van der Waals surface area (Å²) in [7, 11) is 0. The molecule has 2 aliphatic carbocycles. The number of amides is 1. The summed E-state index contributed by atoms with van der Waals surface area (Å²) in [6.07, 6.45) is 0.131. The number of rotatable bonds is 3. The van der Waals surface area contributed by atoms with Crippen molar-refractivity contribution in [3.05, 3.63) is 0 Å². The molecule has 0 aromatic heterocycles. The van der Waals surface area contributed by atoms with Gasteiger partial charge in [-0.1, -0.05) is 0 Å². The highest BCUT2D eigenvalue weighted by Crippen LogP contribution is 2.57. The Balaban J connectivity index is 2.19. The zero-order valence-electron chi connectivity index (χ0n) is 8.14. The van der Waals surface area contributed by atoms with Crippen molar-refractivity contribution in [2.75, 3.05) is 6.54 Å². The number of carbonyl (C=O) groups is 2. The van der Waals surface area contributed by atoms with Crippen LogP contribution in [0, 0.1) is 11.8 Å². The van der Waals surface area contributed by atoms with Crippen LogP contribution in [0.3, 0.4) is 0 Å². The highest BCUT2D eigenvalue weighted by Gasteiger charge is 2.66. The molecule has 0 spiro atoms. The summed E-state index contributed by atoms with van der Waals surface area (Å²) < 4.78 is 0. The van der Waals surface area contributed by atoms with Gasteiger partial charge in [0.15, 0.2) is 0 Å². The van der Waals surface area contributed by atoms with E-state index in [1.807, 2.05) is 0 Å². The van der Waals surface area contributed by atoms with Crippen LogP contribution in [-0.4, -0.2) is 40.3 Å². The molecule has 5 N–H and O–H groups in total. The van der Waals surface area contributed by atoms with Gasteiger partial charge in [-0.05, 0) is 18.3 Å². The largest absolute Gasteiger partial charge is 0.479 e. The van der Waals surface area contributed by atoms with Crippen LogP contribution >= 0.6 is 0 Å². The number of hydrogen-bond acceptors (Lipinski definition) is 4. The number of aliphatic hydroxyl groups excluding tert-OH is 1. The van der Waals surface area contributed by atoms with Gasteiger partial charge in [-0.15, -0.1) is 0 Å². The minimum Gasteiger partial charge on any atom is -0.479 e. The molecule has 84 valence electrons. The first-order valence-electron chi connectivity index (χ1n) is 4.94. The summed E-state index contributed by atoms with van der Waals surface area (Å²) in [6.45, 7) is -0.234. The van der Waals surface area contributed by atoms with E-state index in [1.165, 1.54) is 0 Å². The van der Waals surface area contributed by atoms with Crippen LogP contribution in [0.5, 0.6) is 0 Å². The molecule has 0 heterocycles. The number of nitrogens with two attached hydrogens (primary N) is 1. The van der Waals surface area contributed by atoms with Crippen molar-refractivity contribution in [3.8, 4) is 0 Å². The molecule has 0 aliphatic heterocycles. The predicted octanol–water partition coefficient (Wildman–Crippen LogP) is -1.71. The second kappa shape index (κ2) is 3.18. The lowest BCUT2D eigenvalue weighted by Crippen LogP contribution is -2.57. The van der Waals surface area contributed by atoms with E-state index in [1.54, 1.807) is 0 Å². The average Bonchev–Trinajstić information content (AvgIpc) is 2.91. The van der Waals surface area contributed by atoms with Crippen LogP contribution in [0.4, 0.5) is 0 Å². The van der Waals surface area contributed by atoms with Crippen molar-refractivity contribution in [1.82, 2.24) is 5.32 Å². The molecular formula is C9H14N2O4. The topological polar surface area (TPSA) is 113 Å². The van der Waals surface area contributed by atoms with Crippen molar-refractivity contribution >= 4 is 11.9 Å². The van der Waals surface area contributed by atoms with Crippen molar-refractivity contribution in [2.45, 2.75) is 24.5 Å². The van der Waals surface area contributed by atoms with Crippen molar-refractivity contribution in [3.63, 3.8) is 0 Å². The molecule has 0 aromatic carbocycles. The maximum Gasteiger partial charge on any atom is 0.329 e. The Morgan fingerprint density at radius 2 is 2.20 bits per heavy atom. The van der Waals surface area contributed by atoms with Crippen LogP contribution in [0.1, 0.15) is 12.8 Å². The van der Waals surface area contributed by atoms with Crippen LogP contribution < -0.4 is 11.1 Å². The van der Waals surface area contributed by atoms with Gasteiger partial charge in [-0.2, -0.15) is 0 Å². The normalized spacial score (nSPS) is 42.1. The van der Waals surface area contributed by atoms with E-state index in [2.05, 4.69) is 5.32 Å². The summed E-state index contributed by atoms with van der Waals surface area (Å²) in [6, 6.07) is 0. The van der Waals surface area contributed by atoms with Crippen molar-refractivity contribution in [2.24, 2.45) is 17.6 Å². The van der Waals surface area contributed by atoms with E-state index in [4.69, 9.17) is 10.8 Å². The highest BCUT2D eigenvalue weighted by atomic mass is 16.4. The SMILES string of the molecule is NCC(=O)N[C@@]1(C(=O)O)C[C@H](O)[C@H]2C[C@H]21. The van der Waals surface area contributed by atoms with Gasteiger partial charge >= 0.3 is 5.97 Å². The number of hydrogen-bond donors (Lipinski definition) is 4. The molecule has 4 atom stereocenters. The van der Waals surface area contributed by atoms with Gasteiger partial charge < -0.3 is 21.3 Å². The first-order chi connectivity index (χ1) is 7.01. The van der Waals surface area contributed by atoms with Gasteiger partial charge in [0.25, 0.3) is 0 Å². The van der Waals surface area contributed by atoms with E-state index < -0.39 is 23.5 Å². The molecule has 2 fully saturated rings. The Bertz CT molecular complexity index is 319.